The number of amides is 1. The third-order valence-corrected chi connectivity index (χ3v) is 6.79. The summed E-state index contributed by atoms with van der Waals surface area (Å²) in [4.78, 5) is 22.9. The van der Waals surface area contributed by atoms with E-state index in [1.54, 1.807) is 18.0 Å². The molecule has 2 aromatic heterocycles. The van der Waals surface area contributed by atoms with Crippen molar-refractivity contribution in [2.75, 3.05) is 18.4 Å². The summed E-state index contributed by atoms with van der Waals surface area (Å²) in [6.45, 7) is 8.11. The van der Waals surface area contributed by atoms with Crippen molar-refractivity contribution in [1.29, 1.82) is 0 Å². The maximum absolute atomic E-state index is 13.4. The van der Waals surface area contributed by atoms with Crippen LogP contribution in [0.3, 0.4) is 0 Å². The zero-order chi connectivity index (χ0) is 25.1. The number of ether oxygens (including phenoxy) is 1. The van der Waals surface area contributed by atoms with E-state index < -0.39 is 5.92 Å². The van der Waals surface area contributed by atoms with Gasteiger partial charge in [0.05, 0.1) is 24.0 Å². The lowest BCUT2D eigenvalue weighted by Gasteiger charge is -2.27. The summed E-state index contributed by atoms with van der Waals surface area (Å²) in [5.41, 5.74) is 2.50. The van der Waals surface area contributed by atoms with Gasteiger partial charge in [-0.2, -0.15) is 5.10 Å². The summed E-state index contributed by atoms with van der Waals surface area (Å²) in [7, 11) is 0. The molecule has 4 aromatic rings. The van der Waals surface area contributed by atoms with Gasteiger partial charge in [-0.05, 0) is 18.6 Å². The number of carbonyl (C=O) groups excluding carboxylic acids is 1. The van der Waals surface area contributed by atoms with Crippen LogP contribution < -0.4 is 15.4 Å². The van der Waals surface area contributed by atoms with Crippen LogP contribution in [0.1, 0.15) is 44.2 Å². The van der Waals surface area contributed by atoms with Crippen molar-refractivity contribution in [3.63, 3.8) is 0 Å². The SMILES string of the molecule is CCCNc1nc(SC(C)C)nc2c1cnn2CCNC(=O)C1c2ccccc2Oc2ccccc21. The van der Waals surface area contributed by atoms with Gasteiger partial charge in [0, 0.05) is 29.5 Å². The number of fused-ring (bicyclic) bond motifs is 3. The highest BCUT2D eigenvalue weighted by Crippen LogP contribution is 2.43. The molecule has 0 saturated heterocycles. The summed E-state index contributed by atoms with van der Waals surface area (Å²) in [5.74, 6) is 1.74. The average Bonchev–Trinajstić information content (AvgIpc) is 3.28. The summed E-state index contributed by atoms with van der Waals surface area (Å²) >= 11 is 1.62. The number of aromatic nitrogens is 4. The number of carbonyl (C=O) groups is 1. The first kappa shape index (κ1) is 24.1. The van der Waals surface area contributed by atoms with E-state index in [0.29, 0.717) is 29.8 Å². The minimum Gasteiger partial charge on any atom is -0.457 e. The van der Waals surface area contributed by atoms with Crippen LogP contribution >= 0.6 is 11.8 Å². The van der Waals surface area contributed by atoms with Gasteiger partial charge < -0.3 is 15.4 Å². The van der Waals surface area contributed by atoms with Crippen LogP contribution in [0.2, 0.25) is 0 Å². The number of rotatable bonds is 9. The molecule has 0 unspecified atom stereocenters. The molecular weight excluding hydrogens is 472 g/mol. The lowest BCUT2D eigenvalue weighted by molar-refractivity contribution is -0.121. The Morgan fingerprint density at radius 3 is 2.42 bits per heavy atom. The molecule has 0 spiro atoms. The first-order valence-corrected chi connectivity index (χ1v) is 13.2. The van der Waals surface area contributed by atoms with Gasteiger partial charge in [0.1, 0.15) is 17.3 Å². The molecule has 186 valence electrons. The normalized spacial score (nSPS) is 12.8. The summed E-state index contributed by atoms with van der Waals surface area (Å²) in [5, 5.41) is 13.0. The largest absolute Gasteiger partial charge is 0.457 e. The van der Waals surface area contributed by atoms with Crippen LogP contribution in [0.5, 0.6) is 11.5 Å². The number of hydrogen-bond acceptors (Lipinski definition) is 7. The van der Waals surface area contributed by atoms with Crippen molar-refractivity contribution < 1.29 is 9.53 Å². The predicted octanol–water partition coefficient (Wildman–Crippen LogP) is 5.20. The van der Waals surface area contributed by atoms with Crippen LogP contribution in [-0.2, 0) is 11.3 Å². The van der Waals surface area contributed by atoms with Gasteiger partial charge >= 0.3 is 0 Å². The number of benzene rings is 2. The molecule has 0 fully saturated rings. The fourth-order valence-electron chi connectivity index (χ4n) is 4.32. The molecule has 1 aliphatic heterocycles. The molecular formula is C27H30N6O2S. The molecule has 9 heteroatoms. The summed E-state index contributed by atoms with van der Waals surface area (Å²) in [6, 6.07) is 15.4. The van der Waals surface area contributed by atoms with E-state index in [4.69, 9.17) is 14.7 Å². The van der Waals surface area contributed by atoms with Gasteiger partial charge in [-0.15, -0.1) is 0 Å². The Balaban J connectivity index is 1.35. The van der Waals surface area contributed by atoms with Crippen LogP contribution in [0, 0.1) is 0 Å². The Labute approximate surface area is 214 Å². The monoisotopic (exact) mass is 502 g/mol. The van der Waals surface area contributed by atoms with Crippen molar-refractivity contribution in [2.24, 2.45) is 0 Å². The molecule has 2 N–H and O–H groups in total. The topological polar surface area (TPSA) is 94.0 Å². The van der Waals surface area contributed by atoms with Crippen molar-refractivity contribution in [2.45, 2.75) is 50.1 Å². The van der Waals surface area contributed by atoms with Crippen LogP contribution in [-0.4, -0.2) is 44.0 Å². The molecule has 2 aromatic carbocycles. The fourth-order valence-corrected chi connectivity index (χ4v) is 5.02. The number of hydrogen-bond donors (Lipinski definition) is 2. The Hall–Kier alpha value is -3.59. The minimum absolute atomic E-state index is 0.0642. The van der Waals surface area contributed by atoms with Crippen molar-refractivity contribution in [1.82, 2.24) is 25.1 Å². The molecule has 0 radical (unpaired) electrons. The highest BCUT2D eigenvalue weighted by molar-refractivity contribution is 7.99. The van der Waals surface area contributed by atoms with Crippen molar-refractivity contribution >= 4 is 34.5 Å². The molecule has 5 rings (SSSR count). The molecule has 0 atom stereocenters. The Morgan fingerprint density at radius 2 is 1.75 bits per heavy atom. The number of anilines is 1. The van der Waals surface area contributed by atoms with Gasteiger partial charge in [0.15, 0.2) is 10.8 Å². The maximum Gasteiger partial charge on any atom is 0.232 e. The first-order chi connectivity index (χ1) is 17.5. The molecule has 1 amide bonds. The number of thioether (sulfide) groups is 1. The van der Waals surface area contributed by atoms with Gasteiger partial charge in [0.25, 0.3) is 0 Å². The van der Waals surface area contributed by atoms with Crippen LogP contribution in [0.15, 0.2) is 59.9 Å². The van der Waals surface area contributed by atoms with Crippen LogP contribution in [0.25, 0.3) is 11.0 Å². The first-order valence-electron chi connectivity index (χ1n) is 12.3. The fraction of sp³-hybridized carbons (Fsp3) is 0.333. The Bertz CT molecular complexity index is 1340. The molecule has 0 bridgehead atoms. The van der Waals surface area contributed by atoms with Gasteiger partial charge in [0.2, 0.25) is 5.91 Å². The zero-order valence-corrected chi connectivity index (χ0v) is 21.5. The second kappa shape index (κ2) is 10.6. The highest BCUT2D eigenvalue weighted by Gasteiger charge is 2.32. The third-order valence-electron chi connectivity index (χ3n) is 5.92. The third kappa shape index (κ3) is 4.88. The van der Waals surface area contributed by atoms with Crippen molar-refractivity contribution in [3.8, 4) is 11.5 Å². The van der Waals surface area contributed by atoms with E-state index in [-0.39, 0.29) is 5.91 Å². The molecule has 36 heavy (non-hydrogen) atoms. The van der Waals surface area contributed by atoms with E-state index in [1.165, 1.54) is 0 Å². The second-order valence-electron chi connectivity index (χ2n) is 8.95. The highest BCUT2D eigenvalue weighted by atomic mass is 32.2. The standard InChI is InChI=1S/C27H30N6O2S/c1-4-13-28-24-20-16-30-33(25(20)32-27(31-24)36-17(2)3)15-14-29-26(34)23-18-9-5-7-11-21(18)35-22-12-8-6-10-19(22)23/h5-12,16-17,23H,4,13-15H2,1-3H3,(H,29,34)(H,28,31,32). The number of nitrogens with zero attached hydrogens (tertiary/aromatic N) is 4. The van der Waals surface area contributed by atoms with E-state index in [9.17, 15) is 4.79 Å². The number of para-hydroxylation sites is 2. The van der Waals surface area contributed by atoms with Gasteiger partial charge in [-0.25, -0.2) is 14.6 Å². The Kier molecular flexibility index (Phi) is 7.09. The van der Waals surface area contributed by atoms with Crippen LogP contribution in [0.4, 0.5) is 5.82 Å². The molecule has 0 saturated carbocycles. The van der Waals surface area contributed by atoms with Gasteiger partial charge in [-0.1, -0.05) is 68.9 Å². The number of nitrogens with one attached hydrogen (secondary N) is 2. The Morgan fingerprint density at radius 1 is 1.06 bits per heavy atom. The van der Waals surface area contributed by atoms with E-state index >= 15 is 0 Å². The average molecular weight is 503 g/mol. The van der Waals surface area contributed by atoms with E-state index in [1.807, 2.05) is 53.2 Å². The molecule has 3 heterocycles. The summed E-state index contributed by atoms with van der Waals surface area (Å²) < 4.78 is 7.87. The molecule has 1 aliphatic rings. The lowest BCUT2D eigenvalue weighted by Crippen LogP contribution is -2.33. The minimum atomic E-state index is -0.429. The molecule has 0 aliphatic carbocycles. The van der Waals surface area contributed by atoms with Gasteiger partial charge in [-0.3, -0.25) is 4.79 Å². The van der Waals surface area contributed by atoms with Crippen molar-refractivity contribution in [3.05, 3.63) is 65.9 Å². The van der Waals surface area contributed by atoms with E-state index in [0.717, 1.165) is 46.1 Å². The lowest BCUT2D eigenvalue weighted by atomic mass is 9.87. The zero-order valence-electron chi connectivity index (χ0n) is 20.7. The second-order valence-corrected chi connectivity index (χ2v) is 10.5. The smallest absolute Gasteiger partial charge is 0.232 e. The quantitative estimate of drug-likeness (QED) is 0.240. The molecule has 8 nitrogen and oxygen atoms in total. The maximum atomic E-state index is 13.4. The van der Waals surface area contributed by atoms with E-state index in [2.05, 4.69) is 36.5 Å². The predicted molar refractivity (Wildman–Crippen MR) is 143 cm³/mol. The summed E-state index contributed by atoms with van der Waals surface area (Å²) in [6.07, 6.45) is 2.79.